The van der Waals surface area contributed by atoms with Gasteiger partial charge in [0.25, 0.3) is 10.0 Å². The van der Waals surface area contributed by atoms with Crippen LogP contribution in [0.1, 0.15) is 5.56 Å². The maximum atomic E-state index is 13.2. The maximum Gasteiger partial charge on any atom is 0.274 e. The third-order valence-corrected chi connectivity index (χ3v) is 6.92. The lowest BCUT2D eigenvalue weighted by atomic mass is 10.2. The van der Waals surface area contributed by atoms with Gasteiger partial charge in [0.1, 0.15) is 16.6 Å². The van der Waals surface area contributed by atoms with Crippen molar-refractivity contribution in [3.8, 4) is 0 Å². The molecule has 1 amide bonds. The van der Waals surface area contributed by atoms with Gasteiger partial charge in [-0.3, -0.25) is 9.10 Å². The van der Waals surface area contributed by atoms with Gasteiger partial charge in [-0.2, -0.15) is 0 Å². The zero-order valence-electron chi connectivity index (χ0n) is 14.2. The van der Waals surface area contributed by atoms with Crippen LogP contribution in [0.15, 0.2) is 76.3 Å². The van der Waals surface area contributed by atoms with Crippen LogP contribution >= 0.6 is 11.3 Å². The number of sulfonamides is 1. The van der Waals surface area contributed by atoms with Crippen LogP contribution in [0, 0.1) is 5.82 Å². The van der Waals surface area contributed by atoms with E-state index >= 15 is 0 Å². The minimum Gasteiger partial charge on any atom is -0.350 e. The van der Waals surface area contributed by atoms with Crippen LogP contribution in [0.4, 0.5) is 10.1 Å². The number of nitrogens with zero attached hydrogens (tertiary/aromatic N) is 1. The van der Waals surface area contributed by atoms with Crippen LogP contribution in [-0.4, -0.2) is 20.9 Å². The Kier molecular flexibility index (Phi) is 5.88. The highest BCUT2D eigenvalue weighted by atomic mass is 32.2. The maximum absolute atomic E-state index is 13.2. The van der Waals surface area contributed by atoms with E-state index in [1.807, 2.05) is 30.3 Å². The van der Waals surface area contributed by atoms with Crippen molar-refractivity contribution in [2.24, 2.45) is 0 Å². The van der Waals surface area contributed by atoms with Gasteiger partial charge in [-0.25, -0.2) is 12.8 Å². The first kappa shape index (κ1) is 19.1. The number of carbonyl (C=O) groups excluding carboxylic acids is 1. The Labute approximate surface area is 161 Å². The van der Waals surface area contributed by atoms with E-state index in [9.17, 15) is 17.6 Å². The molecule has 1 aromatic heterocycles. The van der Waals surface area contributed by atoms with Crippen LogP contribution in [0.5, 0.6) is 0 Å². The number of amides is 1. The lowest BCUT2D eigenvalue weighted by molar-refractivity contribution is -0.119. The van der Waals surface area contributed by atoms with E-state index in [0.717, 1.165) is 33.3 Å². The summed E-state index contributed by atoms with van der Waals surface area (Å²) in [4.78, 5) is 12.4. The number of rotatable bonds is 7. The highest BCUT2D eigenvalue weighted by molar-refractivity contribution is 7.94. The molecule has 0 atom stereocenters. The molecule has 1 heterocycles. The largest absolute Gasteiger partial charge is 0.350 e. The van der Waals surface area contributed by atoms with Gasteiger partial charge in [-0.05, 0) is 41.3 Å². The van der Waals surface area contributed by atoms with E-state index in [-0.39, 0.29) is 16.4 Å². The number of carbonyl (C=O) groups is 1. The summed E-state index contributed by atoms with van der Waals surface area (Å²) in [5.41, 5.74) is 1.12. The lowest BCUT2D eigenvalue weighted by Gasteiger charge is -2.23. The first-order valence-corrected chi connectivity index (χ1v) is 10.4. The summed E-state index contributed by atoms with van der Waals surface area (Å²) >= 11 is 1.06. The summed E-state index contributed by atoms with van der Waals surface area (Å²) in [5.74, 6) is -0.941. The molecule has 0 saturated heterocycles. The number of hydrogen-bond acceptors (Lipinski definition) is 4. The fourth-order valence-electron chi connectivity index (χ4n) is 2.42. The van der Waals surface area contributed by atoms with Crippen LogP contribution in [0.3, 0.4) is 0 Å². The van der Waals surface area contributed by atoms with Crippen molar-refractivity contribution in [1.82, 2.24) is 5.32 Å². The molecule has 8 heteroatoms. The van der Waals surface area contributed by atoms with Gasteiger partial charge in [0.15, 0.2) is 0 Å². The van der Waals surface area contributed by atoms with Gasteiger partial charge in [-0.15, -0.1) is 11.3 Å². The van der Waals surface area contributed by atoms with Gasteiger partial charge in [0, 0.05) is 6.54 Å². The Morgan fingerprint density at radius 2 is 1.70 bits per heavy atom. The zero-order valence-corrected chi connectivity index (χ0v) is 15.8. The number of nitrogens with one attached hydrogen (secondary N) is 1. The second-order valence-corrected chi connectivity index (χ2v) is 8.72. The van der Waals surface area contributed by atoms with Gasteiger partial charge in [0.05, 0.1) is 5.69 Å². The van der Waals surface area contributed by atoms with Crippen molar-refractivity contribution >= 4 is 33.0 Å². The van der Waals surface area contributed by atoms with Crippen molar-refractivity contribution in [1.29, 1.82) is 0 Å². The van der Waals surface area contributed by atoms with E-state index < -0.39 is 28.3 Å². The Bertz CT molecular complexity index is 989. The molecule has 0 aliphatic carbocycles. The molecule has 0 aliphatic rings. The summed E-state index contributed by atoms with van der Waals surface area (Å²) in [6, 6.07) is 17.4. The molecule has 0 spiro atoms. The molecular weight excluding hydrogens is 387 g/mol. The molecule has 0 radical (unpaired) electrons. The Hall–Kier alpha value is -2.71. The van der Waals surface area contributed by atoms with Crippen LogP contribution < -0.4 is 9.62 Å². The number of anilines is 1. The number of benzene rings is 2. The van der Waals surface area contributed by atoms with Crippen molar-refractivity contribution in [2.45, 2.75) is 10.8 Å². The van der Waals surface area contributed by atoms with Crippen LogP contribution in [0.2, 0.25) is 0 Å². The van der Waals surface area contributed by atoms with Crippen molar-refractivity contribution in [3.05, 3.63) is 83.5 Å². The van der Waals surface area contributed by atoms with E-state index in [1.54, 1.807) is 11.4 Å². The molecule has 0 bridgehead atoms. The minimum atomic E-state index is -3.93. The first-order chi connectivity index (χ1) is 13.0. The molecule has 0 fully saturated rings. The normalized spacial score (nSPS) is 11.1. The lowest BCUT2D eigenvalue weighted by Crippen LogP contribution is -2.40. The SMILES string of the molecule is O=C(CN(c1ccc(F)cc1)S(=O)(=O)c1cccs1)NCc1ccccc1. The topological polar surface area (TPSA) is 66.5 Å². The van der Waals surface area contributed by atoms with Crippen molar-refractivity contribution < 1.29 is 17.6 Å². The summed E-state index contributed by atoms with van der Waals surface area (Å²) in [6.07, 6.45) is 0. The Morgan fingerprint density at radius 3 is 2.33 bits per heavy atom. The van der Waals surface area contributed by atoms with Crippen molar-refractivity contribution in [3.63, 3.8) is 0 Å². The second-order valence-electron chi connectivity index (χ2n) is 5.68. The molecule has 0 aliphatic heterocycles. The standard InChI is InChI=1S/C19H17FN2O3S2/c20-16-8-10-17(11-9-16)22(27(24,25)19-7-4-12-26-19)14-18(23)21-13-15-5-2-1-3-6-15/h1-12H,13-14H2,(H,21,23). The first-order valence-electron chi connectivity index (χ1n) is 8.09. The predicted octanol–water partition coefficient (Wildman–Crippen LogP) is 3.40. The fourth-order valence-corrected chi connectivity index (χ4v) is 4.95. The highest BCUT2D eigenvalue weighted by Gasteiger charge is 2.28. The monoisotopic (exact) mass is 404 g/mol. The predicted molar refractivity (Wildman–Crippen MR) is 104 cm³/mol. The smallest absolute Gasteiger partial charge is 0.274 e. The summed E-state index contributed by atoms with van der Waals surface area (Å²) in [6.45, 7) is -0.116. The molecule has 1 N–H and O–H groups in total. The van der Waals surface area contributed by atoms with Gasteiger partial charge >= 0.3 is 0 Å². The molecular formula is C19H17FN2O3S2. The van der Waals surface area contributed by atoms with Crippen LogP contribution in [-0.2, 0) is 21.4 Å². The second kappa shape index (κ2) is 8.32. The molecule has 140 valence electrons. The van der Waals surface area contributed by atoms with E-state index in [0.29, 0.717) is 0 Å². The third-order valence-electron chi connectivity index (χ3n) is 3.77. The molecule has 3 aromatic rings. The quantitative estimate of drug-likeness (QED) is 0.656. The summed E-state index contributed by atoms with van der Waals surface area (Å²) < 4.78 is 40.2. The molecule has 5 nitrogen and oxygen atoms in total. The number of halogens is 1. The van der Waals surface area contributed by atoms with Crippen molar-refractivity contribution in [2.75, 3.05) is 10.8 Å². The highest BCUT2D eigenvalue weighted by Crippen LogP contribution is 2.26. The summed E-state index contributed by atoms with van der Waals surface area (Å²) in [5, 5.41) is 4.36. The minimum absolute atomic E-state index is 0.114. The molecule has 0 unspecified atom stereocenters. The van der Waals surface area contributed by atoms with E-state index in [2.05, 4.69) is 5.32 Å². The van der Waals surface area contributed by atoms with Crippen LogP contribution in [0.25, 0.3) is 0 Å². The fraction of sp³-hybridized carbons (Fsp3) is 0.105. The zero-order chi connectivity index (χ0) is 19.3. The average Bonchev–Trinajstić information content (AvgIpc) is 3.22. The molecule has 27 heavy (non-hydrogen) atoms. The van der Waals surface area contributed by atoms with Gasteiger partial charge < -0.3 is 5.32 Å². The Morgan fingerprint density at radius 1 is 1.00 bits per heavy atom. The molecule has 2 aromatic carbocycles. The number of hydrogen-bond donors (Lipinski definition) is 1. The third kappa shape index (κ3) is 4.72. The Balaban J connectivity index is 1.82. The van der Waals surface area contributed by atoms with E-state index in [1.165, 1.54) is 18.2 Å². The van der Waals surface area contributed by atoms with Gasteiger partial charge in [0.2, 0.25) is 5.91 Å². The van der Waals surface area contributed by atoms with E-state index in [4.69, 9.17) is 0 Å². The number of thiophene rings is 1. The molecule has 3 rings (SSSR count). The average molecular weight is 404 g/mol. The summed E-state index contributed by atoms with van der Waals surface area (Å²) in [7, 11) is -3.93. The molecule has 0 saturated carbocycles. The van der Waals surface area contributed by atoms with Gasteiger partial charge in [-0.1, -0.05) is 36.4 Å².